The quantitative estimate of drug-likeness (QED) is 0.594. The highest BCUT2D eigenvalue weighted by atomic mass is 16.6. The van der Waals surface area contributed by atoms with Crippen LogP contribution >= 0.6 is 0 Å². The maximum atomic E-state index is 11.5. The van der Waals surface area contributed by atoms with E-state index >= 15 is 0 Å². The second-order valence-electron chi connectivity index (χ2n) is 3.48. The summed E-state index contributed by atoms with van der Waals surface area (Å²) in [5.74, 6) is -0.326. The van der Waals surface area contributed by atoms with Crippen molar-refractivity contribution in [2.75, 3.05) is 5.32 Å². The van der Waals surface area contributed by atoms with Gasteiger partial charge in [-0.3, -0.25) is 14.9 Å². The Morgan fingerprint density at radius 1 is 1.53 bits per heavy atom. The van der Waals surface area contributed by atoms with Crippen LogP contribution in [0.25, 0.3) is 0 Å². The van der Waals surface area contributed by atoms with Crippen molar-refractivity contribution in [3.63, 3.8) is 0 Å². The van der Waals surface area contributed by atoms with Crippen molar-refractivity contribution in [1.29, 1.82) is 0 Å². The summed E-state index contributed by atoms with van der Waals surface area (Å²) in [5.41, 5.74) is 1.46. The Bertz CT molecular complexity index is 442. The Morgan fingerprint density at radius 3 is 2.87 bits per heavy atom. The fourth-order valence-electron chi connectivity index (χ4n) is 1.83. The summed E-state index contributed by atoms with van der Waals surface area (Å²) in [6.45, 7) is 1.89. The number of carbonyl (C=O) groups excluding carboxylic acids is 1. The van der Waals surface area contributed by atoms with Crippen LogP contribution in [0.15, 0.2) is 18.2 Å². The Labute approximate surface area is 86.2 Å². The standard InChI is InChI=1S/C10H10N2O3/c1-2-7-8-5-6(12(14)15)3-4-9(8)11-10(7)13/h3-5,7H,2H2,1H3,(H,11,13). The van der Waals surface area contributed by atoms with Crippen molar-refractivity contribution in [3.8, 4) is 0 Å². The van der Waals surface area contributed by atoms with Gasteiger partial charge in [-0.1, -0.05) is 6.92 Å². The molecule has 1 aliphatic heterocycles. The third-order valence-corrected chi connectivity index (χ3v) is 2.60. The van der Waals surface area contributed by atoms with Gasteiger partial charge < -0.3 is 5.32 Å². The van der Waals surface area contributed by atoms with Gasteiger partial charge in [0, 0.05) is 17.8 Å². The van der Waals surface area contributed by atoms with E-state index in [1.165, 1.54) is 12.1 Å². The van der Waals surface area contributed by atoms with Gasteiger partial charge >= 0.3 is 0 Å². The monoisotopic (exact) mass is 206 g/mol. The number of nitrogens with zero attached hydrogens (tertiary/aromatic N) is 1. The molecule has 0 aliphatic carbocycles. The van der Waals surface area contributed by atoms with Gasteiger partial charge in [0.15, 0.2) is 0 Å². The molecule has 1 N–H and O–H groups in total. The molecule has 78 valence electrons. The number of nitro benzene ring substituents is 1. The summed E-state index contributed by atoms with van der Waals surface area (Å²) in [6, 6.07) is 4.46. The molecule has 15 heavy (non-hydrogen) atoms. The summed E-state index contributed by atoms with van der Waals surface area (Å²) in [4.78, 5) is 21.6. The SMILES string of the molecule is CCC1C(=O)Nc2ccc([N+](=O)[O-])cc21. The maximum Gasteiger partial charge on any atom is 0.269 e. The van der Waals surface area contributed by atoms with Crippen LogP contribution < -0.4 is 5.32 Å². The first kappa shape index (κ1) is 9.64. The van der Waals surface area contributed by atoms with Gasteiger partial charge in [-0.25, -0.2) is 0 Å². The number of anilines is 1. The van der Waals surface area contributed by atoms with Gasteiger partial charge in [0.25, 0.3) is 5.69 Å². The van der Waals surface area contributed by atoms with Crippen molar-refractivity contribution in [2.45, 2.75) is 19.3 Å². The molecular weight excluding hydrogens is 196 g/mol. The minimum absolute atomic E-state index is 0.0312. The van der Waals surface area contributed by atoms with Crippen molar-refractivity contribution in [1.82, 2.24) is 0 Å². The fraction of sp³-hybridized carbons (Fsp3) is 0.300. The van der Waals surface area contributed by atoms with Crippen LogP contribution in [0.1, 0.15) is 24.8 Å². The number of non-ortho nitro benzene ring substituents is 1. The summed E-state index contributed by atoms with van der Waals surface area (Å²) < 4.78 is 0. The number of hydrogen-bond acceptors (Lipinski definition) is 3. The van der Waals surface area contributed by atoms with Gasteiger partial charge in [-0.2, -0.15) is 0 Å². The van der Waals surface area contributed by atoms with E-state index in [-0.39, 0.29) is 17.5 Å². The molecule has 1 heterocycles. The number of rotatable bonds is 2. The van der Waals surface area contributed by atoms with Crippen LogP contribution in [0.2, 0.25) is 0 Å². The number of nitrogens with one attached hydrogen (secondary N) is 1. The second-order valence-corrected chi connectivity index (χ2v) is 3.48. The van der Waals surface area contributed by atoms with Crippen molar-refractivity contribution in [2.24, 2.45) is 0 Å². The summed E-state index contributed by atoms with van der Waals surface area (Å²) >= 11 is 0. The number of benzene rings is 1. The molecule has 0 bridgehead atoms. The summed E-state index contributed by atoms with van der Waals surface area (Å²) in [7, 11) is 0. The van der Waals surface area contributed by atoms with E-state index in [0.29, 0.717) is 12.1 Å². The smallest absolute Gasteiger partial charge is 0.269 e. The molecule has 1 atom stereocenters. The van der Waals surface area contributed by atoms with Crippen molar-refractivity contribution < 1.29 is 9.72 Å². The van der Waals surface area contributed by atoms with E-state index in [2.05, 4.69) is 5.32 Å². The van der Waals surface area contributed by atoms with Crippen LogP contribution in [0.5, 0.6) is 0 Å². The molecule has 0 aromatic heterocycles. The number of hydrogen-bond donors (Lipinski definition) is 1. The van der Waals surface area contributed by atoms with Gasteiger partial charge in [-0.05, 0) is 18.1 Å². The predicted molar refractivity (Wildman–Crippen MR) is 54.8 cm³/mol. The minimum atomic E-state index is -0.449. The third-order valence-electron chi connectivity index (χ3n) is 2.60. The summed E-state index contributed by atoms with van der Waals surface area (Å²) in [6.07, 6.45) is 0.653. The highest BCUT2D eigenvalue weighted by Crippen LogP contribution is 2.36. The van der Waals surface area contributed by atoms with E-state index < -0.39 is 4.92 Å². The fourth-order valence-corrected chi connectivity index (χ4v) is 1.83. The van der Waals surface area contributed by atoms with E-state index in [1.54, 1.807) is 6.07 Å². The molecule has 0 fully saturated rings. The lowest BCUT2D eigenvalue weighted by molar-refractivity contribution is -0.384. The molecule has 5 nitrogen and oxygen atoms in total. The molecule has 0 spiro atoms. The maximum absolute atomic E-state index is 11.5. The molecule has 5 heteroatoms. The molecule has 1 unspecified atom stereocenters. The molecule has 1 aromatic rings. The lowest BCUT2D eigenvalue weighted by Crippen LogP contribution is -2.10. The molecule has 0 saturated carbocycles. The van der Waals surface area contributed by atoms with E-state index in [9.17, 15) is 14.9 Å². The largest absolute Gasteiger partial charge is 0.325 e. The molecular formula is C10H10N2O3. The highest BCUT2D eigenvalue weighted by molar-refractivity contribution is 6.03. The van der Waals surface area contributed by atoms with E-state index in [0.717, 1.165) is 5.56 Å². The molecule has 0 saturated heterocycles. The third kappa shape index (κ3) is 1.45. The van der Waals surface area contributed by atoms with E-state index in [4.69, 9.17) is 0 Å². The highest BCUT2D eigenvalue weighted by Gasteiger charge is 2.30. The zero-order valence-electron chi connectivity index (χ0n) is 8.19. The number of carbonyl (C=O) groups is 1. The zero-order valence-corrected chi connectivity index (χ0v) is 8.19. The minimum Gasteiger partial charge on any atom is -0.325 e. The normalized spacial score (nSPS) is 18.5. The summed E-state index contributed by atoms with van der Waals surface area (Å²) in [5, 5.41) is 13.3. The number of nitro groups is 1. The van der Waals surface area contributed by atoms with Crippen LogP contribution in [-0.2, 0) is 4.79 Å². The van der Waals surface area contributed by atoms with E-state index in [1.807, 2.05) is 6.92 Å². The topological polar surface area (TPSA) is 72.2 Å². The van der Waals surface area contributed by atoms with Crippen molar-refractivity contribution in [3.05, 3.63) is 33.9 Å². The second kappa shape index (κ2) is 3.34. The van der Waals surface area contributed by atoms with Gasteiger partial charge in [-0.15, -0.1) is 0 Å². The predicted octanol–water partition coefficient (Wildman–Crippen LogP) is 2.04. The lowest BCUT2D eigenvalue weighted by atomic mass is 9.98. The molecule has 1 amide bonds. The molecule has 0 radical (unpaired) electrons. The molecule has 1 aliphatic rings. The van der Waals surface area contributed by atoms with Crippen LogP contribution in [0.4, 0.5) is 11.4 Å². The van der Waals surface area contributed by atoms with Gasteiger partial charge in [0.2, 0.25) is 5.91 Å². The Morgan fingerprint density at radius 2 is 2.27 bits per heavy atom. The Balaban J connectivity index is 2.49. The first-order valence-corrected chi connectivity index (χ1v) is 4.72. The van der Waals surface area contributed by atoms with Gasteiger partial charge in [0.1, 0.15) is 0 Å². The van der Waals surface area contributed by atoms with Gasteiger partial charge in [0.05, 0.1) is 10.8 Å². The zero-order chi connectivity index (χ0) is 11.0. The Hall–Kier alpha value is -1.91. The average molecular weight is 206 g/mol. The Kier molecular flexibility index (Phi) is 2.15. The van der Waals surface area contributed by atoms with Crippen LogP contribution in [0.3, 0.4) is 0 Å². The first-order valence-electron chi connectivity index (χ1n) is 4.72. The van der Waals surface area contributed by atoms with Crippen molar-refractivity contribution >= 4 is 17.3 Å². The first-order chi connectivity index (χ1) is 7.13. The number of fused-ring (bicyclic) bond motifs is 1. The number of amides is 1. The lowest BCUT2D eigenvalue weighted by Gasteiger charge is -2.03. The molecule has 2 rings (SSSR count). The van der Waals surface area contributed by atoms with Crippen LogP contribution in [-0.4, -0.2) is 10.8 Å². The molecule has 1 aromatic carbocycles. The van der Waals surface area contributed by atoms with Crippen LogP contribution in [0, 0.1) is 10.1 Å². The average Bonchev–Trinajstić information content (AvgIpc) is 2.51.